The van der Waals surface area contributed by atoms with Crippen molar-refractivity contribution in [1.82, 2.24) is 0 Å². The number of aliphatic carboxylic acids is 1. The van der Waals surface area contributed by atoms with Gasteiger partial charge in [-0.1, -0.05) is 85.1 Å². The van der Waals surface area contributed by atoms with E-state index in [1.54, 1.807) is 6.92 Å². The zero-order chi connectivity index (χ0) is 18.6. The number of carboxylic acid groups (broad SMARTS) is 1. The van der Waals surface area contributed by atoms with Crippen LogP contribution in [-0.2, 0) is 14.3 Å². The first-order valence-corrected chi connectivity index (χ1v) is 9.51. The summed E-state index contributed by atoms with van der Waals surface area (Å²) in [6, 6.07) is 0. The predicted molar refractivity (Wildman–Crippen MR) is 100 cm³/mol. The van der Waals surface area contributed by atoms with E-state index in [1.165, 1.54) is 63.9 Å². The summed E-state index contributed by atoms with van der Waals surface area (Å²) >= 11 is 0. The molecule has 0 aliphatic carbocycles. The first kappa shape index (κ1) is 24.9. The van der Waals surface area contributed by atoms with Crippen molar-refractivity contribution in [2.75, 3.05) is 6.61 Å². The van der Waals surface area contributed by atoms with Gasteiger partial charge in [0.25, 0.3) is 0 Å². The number of esters is 1. The van der Waals surface area contributed by atoms with Crippen LogP contribution in [0.1, 0.15) is 91.4 Å². The topological polar surface area (TPSA) is 63.6 Å². The fourth-order valence-electron chi connectivity index (χ4n) is 2.00. The highest BCUT2D eigenvalue weighted by atomic mass is 16.5. The first-order chi connectivity index (χ1) is 11.5. The van der Waals surface area contributed by atoms with E-state index in [2.05, 4.69) is 13.5 Å². The first-order valence-electron chi connectivity index (χ1n) is 9.51. The Morgan fingerprint density at radius 1 is 0.958 bits per heavy atom. The molecule has 0 aliphatic rings. The number of carboxylic acids is 1. The minimum atomic E-state index is -0.706. The van der Waals surface area contributed by atoms with E-state index >= 15 is 0 Å². The molecule has 4 nitrogen and oxygen atoms in total. The van der Waals surface area contributed by atoms with Crippen LogP contribution in [0.2, 0.25) is 0 Å². The fraction of sp³-hybridized carbons (Fsp3) is 0.800. The molecule has 0 saturated heterocycles. The Balaban J connectivity index is 0. The van der Waals surface area contributed by atoms with Crippen molar-refractivity contribution in [3.05, 3.63) is 12.7 Å². The van der Waals surface area contributed by atoms with Crippen molar-refractivity contribution < 1.29 is 19.4 Å². The molecule has 4 heteroatoms. The Morgan fingerprint density at radius 3 is 1.75 bits per heavy atom. The Morgan fingerprint density at radius 2 is 1.42 bits per heavy atom. The van der Waals surface area contributed by atoms with Gasteiger partial charge in [-0.15, -0.1) is 0 Å². The molecule has 0 heterocycles. The summed E-state index contributed by atoms with van der Waals surface area (Å²) in [5, 5.41) is 8.18. The minimum absolute atomic E-state index is 0.181. The second-order valence-electron chi connectivity index (χ2n) is 6.20. The molecule has 0 spiro atoms. The van der Waals surface area contributed by atoms with Gasteiger partial charge in [0.2, 0.25) is 0 Å². The SMILES string of the molecule is C=CC(=O)OCCCCCCCCCCCC.CCC(C)C(=O)O. The molecule has 1 N–H and O–H groups in total. The molecule has 0 aliphatic heterocycles. The highest BCUT2D eigenvalue weighted by Gasteiger charge is 2.05. The quantitative estimate of drug-likeness (QED) is 0.248. The molecule has 0 aromatic rings. The maximum Gasteiger partial charge on any atom is 0.330 e. The van der Waals surface area contributed by atoms with E-state index in [1.807, 2.05) is 6.92 Å². The van der Waals surface area contributed by atoms with Gasteiger partial charge in [-0.05, 0) is 12.8 Å². The maximum absolute atomic E-state index is 10.7. The predicted octanol–water partition coefficient (Wildman–Crippen LogP) is 5.75. The van der Waals surface area contributed by atoms with Crippen LogP contribution in [0.5, 0.6) is 0 Å². The van der Waals surface area contributed by atoms with Gasteiger partial charge >= 0.3 is 11.9 Å². The normalized spacial score (nSPS) is 11.1. The molecule has 0 aromatic carbocycles. The molecule has 0 amide bonds. The number of carbonyl (C=O) groups is 2. The number of ether oxygens (including phenoxy) is 1. The maximum atomic E-state index is 10.7. The van der Waals surface area contributed by atoms with E-state index in [0.29, 0.717) is 6.61 Å². The fourth-order valence-corrected chi connectivity index (χ4v) is 2.00. The van der Waals surface area contributed by atoms with Crippen LogP contribution >= 0.6 is 0 Å². The molecular formula is C20H38O4. The van der Waals surface area contributed by atoms with Crippen molar-refractivity contribution >= 4 is 11.9 Å². The number of carbonyl (C=O) groups excluding carboxylic acids is 1. The lowest BCUT2D eigenvalue weighted by Crippen LogP contribution is -2.06. The molecular weight excluding hydrogens is 304 g/mol. The average molecular weight is 343 g/mol. The van der Waals surface area contributed by atoms with E-state index in [-0.39, 0.29) is 11.9 Å². The Kier molecular flexibility index (Phi) is 20.5. The van der Waals surface area contributed by atoms with Gasteiger partial charge in [0, 0.05) is 6.08 Å². The van der Waals surface area contributed by atoms with Gasteiger partial charge in [0.15, 0.2) is 0 Å². The lowest BCUT2D eigenvalue weighted by Gasteiger charge is -2.03. The second kappa shape index (κ2) is 19.7. The number of rotatable bonds is 14. The van der Waals surface area contributed by atoms with Gasteiger partial charge in [-0.3, -0.25) is 4.79 Å². The summed E-state index contributed by atoms with van der Waals surface area (Å²) < 4.78 is 4.91. The van der Waals surface area contributed by atoms with Gasteiger partial charge in [0.1, 0.15) is 0 Å². The molecule has 0 rings (SSSR count). The third-order valence-corrected chi connectivity index (χ3v) is 3.94. The van der Waals surface area contributed by atoms with Crippen LogP contribution in [0.25, 0.3) is 0 Å². The second-order valence-corrected chi connectivity index (χ2v) is 6.20. The van der Waals surface area contributed by atoms with E-state index in [4.69, 9.17) is 9.84 Å². The molecule has 0 radical (unpaired) electrons. The van der Waals surface area contributed by atoms with Crippen molar-refractivity contribution in [3.8, 4) is 0 Å². The third kappa shape index (κ3) is 20.7. The summed E-state index contributed by atoms with van der Waals surface area (Å²) in [5.41, 5.74) is 0. The van der Waals surface area contributed by atoms with Crippen LogP contribution in [0.15, 0.2) is 12.7 Å². The lowest BCUT2D eigenvalue weighted by molar-refractivity contribution is -0.141. The Bertz CT molecular complexity index is 313. The summed E-state index contributed by atoms with van der Waals surface area (Å²) in [6.07, 6.45) is 14.9. The van der Waals surface area contributed by atoms with E-state index in [9.17, 15) is 9.59 Å². The summed E-state index contributed by atoms with van der Waals surface area (Å²) in [6.45, 7) is 9.70. The van der Waals surface area contributed by atoms with Crippen LogP contribution < -0.4 is 0 Å². The monoisotopic (exact) mass is 342 g/mol. The van der Waals surface area contributed by atoms with Gasteiger partial charge in [0.05, 0.1) is 12.5 Å². The summed E-state index contributed by atoms with van der Waals surface area (Å²) in [5.74, 6) is -1.19. The standard InChI is InChI=1S/C15H28O2.C5H10O2/c1-3-5-6-7-8-9-10-11-12-13-14-17-15(16)4-2;1-3-4(2)5(6)7/h4H,2-3,5-14H2,1H3;4H,3H2,1-2H3,(H,6,7). The van der Waals surface area contributed by atoms with Crippen LogP contribution in [-0.4, -0.2) is 23.7 Å². The Hall–Kier alpha value is -1.32. The molecule has 0 saturated carbocycles. The lowest BCUT2D eigenvalue weighted by atomic mass is 10.1. The zero-order valence-electron chi connectivity index (χ0n) is 16.0. The highest BCUT2D eigenvalue weighted by Crippen LogP contribution is 2.10. The number of hydrogen-bond acceptors (Lipinski definition) is 3. The number of unbranched alkanes of at least 4 members (excludes halogenated alkanes) is 9. The molecule has 1 atom stereocenters. The minimum Gasteiger partial charge on any atom is -0.481 e. The smallest absolute Gasteiger partial charge is 0.330 e. The molecule has 0 fully saturated rings. The van der Waals surface area contributed by atoms with Crippen molar-refractivity contribution in [2.24, 2.45) is 5.92 Å². The average Bonchev–Trinajstić information content (AvgIpc) is 2.59. The molecule has 1 unspecified atom stereocenters. The number of hydrogen-bond donors (Lipinski definition) is 1. The van der Waals surface area contributed by atoms with Gasteiger partial charge in [-0.25, -0.2) is 4.79 Å². The zero-order valence-corrected chi connectivity index (χ0v) is 16.0. The summed E-state index contributed by atoms with van der Waals surface area (Å²) in [7, 11) is 0. The van der Waals surface area contributed by atoms with Crippen LogP contribution in [0.3, 0.4) is 0 Å². The molecule has 24 heavy (non-hydrogen) atoms. The summed E-state index contributed by atoms with van der Waals surface area (Å²) in [4.78, 5) is 20.7. The largest absolute Gasteiger partial charge is 0.481 e. The van der Waals surface area contributed by atoms with Gasteiger partial charge < -0.3 is 9.84 Å². The molecule has 0 aromatic heterocycles. The Labute approximate surface area is 148 Å². The van der Waals surface area contributed by atoms with Crippen LogP contribution in [0, 0.1) is 5.92 Å². The van der Waals surface area contributed by atoms with Crippen LogP contribution in [0.4, 0.5) is 0 Å². The van der Waals surface area contributed by atoms with E-state index in [0.717, 1.165) is 12.8 Å². The molecule has 142 valence electrons. The van der Waals surface area contributed by atoms with E-state index < -0.39 is 5.97 Å². The van der Waals surface area contributed by atoms with Crippen molar-refractivity contribution in [2.45, 2.75) is 91.4 Å². The third-order valence-electron chi connectivity index (χ3n) is 3.94. The molecule has 0 bridgehead atoms. The van der Waals surface area contributed by atoms with Crippen molar-refractivity contribution in [1.29, 1.82) is 0 Å². The highest BCUT2D eigenvalue weighted by molar-refractivity contribution is 5.81. The van der Waals surface area contributed by atoms with Crippen molar-refractivity contribution in [3.63, 3.8) is 0 Å². The van der Waals surface area contributed by atoms with Gasteiger partial charge in [-0.2, -0.15) is 0 Å².